The normalized spacial score (nSPS) is 29.7. The zero-order valence-corrected chi connectivity index (χ0v) is 8.72. The Morgan fingerprint density at radius 1 is 1.67 bits per heavy atom. The van der Waals surface area contributed by atoms with Gasteiger partial charge in [-0.1, -0.05) is 38.5 Å². The molecule has 0 aliphatic heterocycles. The van der Waals surface area contributed by atoms with E-state index in [4.69, 9.17) is 0 Å². The minimum absolute atomic E-state index is 0.383. The van der Waals surface area contributed by atoms with Crippen molar-refractivity contribution < 1.29 is 0 Å². The van der Waals surface area contributed by atoms with Crippen molar-refractivity contribution in [3.05, 3.63) is 24.3 Å². The Labute approximate surface area is 76.4 Å². The monoisotopic (exact) mass is 164 g/mol. The van der Waals surface area contributed by atoms with E-state index in [1.54, 1.807) is 5.57 Å². The fourth-order valence-corrected chi connectivity index (χ4v) is 2.19. The van der Waals surface area contributed by atoms with Crippen molar-refractivity contribution in [3.63, 3.8) is 0 Å². The lowest BCUT2D eigenvalue weighted by atomic mass is 9.72. The van der Waals surface area contributed by atoms with Crippen LogP contribution in [0.1, 0.15) is 34.1 Å². The quantitative estimate of drug-likeness (QED) is 0.544. The smallest absolute Gasteiger partial charge is 0.0111 e. The average Bonchev–Trinajstić information content (AvgIpc) is 2.27. The molecule has 12 heavy (non-hydrogen) atoms. The minimum Gasteiger partial charge on any atom is -0.103 e. The second kappa shape index (κ2) is 3.08. The molecule has 0 saturated carbocycles. The fourth-order valence-electron chi connectivity index (χ4n) is 2.19. The molecule has 0 fully saturated rings. The van der Waals surface area contributed by atoms with Gasteiger partial charge in [-0.05, 0) is 30.6 Å². The predicted octanol–water partition coefficient (Wildman–Crippen LogP) is 3.80. The molecule has 2 atom stereocenters. The molecular weight excluding hydrogens is 144 g/mol. The molecule has 1 rings (SSSR count). The lowest BCUT2D eigenvalue weighted by Crippen LogP contribution is -2.25. The zero-order valence-electron chi connectivity index (χ0n) is 8.72. The van der Waals surface area contributed by atoms with Crippen LogP contribution < -0.4 is 0 Å². The Morgan fingerprint density at radius 2 is 2.25 bits per heavy atom. The third-order valence-corrected chi connectivity index (χ3v) is 3.63. The van der Waals surface area contributed by atoms with Crippen LogP contribution in [0.15, 0.2) is 24.3 Å². The van der Waals surface area contributed by atoms with Crippen LogP contribution in [0.3, 0.4) is 0 Å². The highest BCUT2D eigenvalue weighted by Crippen LogP contribution is 2.46. The standard InChI is InChI=1S/C12H20/c1-6-9(2)11-8-7-10(3)12(11,4)5/h6-7,9,11H,1,8H2,2-5H3. The summed E-state index contributed by atoms with van der Waals surface area (Å²) in [5.41, 5.74) is 1.93. The highest BCUT2D eigenvalue weighted by Gasteiger charge is 2.36. The zero-order chi connectivity index (χ0) is 9.35. The first-order valence-corrected chi connectivity index (χ1v) is 4.80. The highest BCUT2D eigenvalue weighted by molar-refractivity contribution is 5.19. The Kier molecular flexibility index (Phi) is 2.46. The summed E-state index contributed by atoms with van der Waals surface area (Å²) in [7, 11) is 0. The maximum atomic E-state index is 3.87. The first-order chi connectivity index (χ1) is 5.50. The molecule has 0 saturated heterocycles. The summed E-state index contributed by atoms with van der Waals surface area (Å²) in [5, 5.41) is 0. The number of hydrogen-bond donors (Lipinski definition) is 0. The molecular formula is C12H20. The van der Waals surface area contributed by atoms with E-state index in [1.165, 1.54) is 6.42 Å². The highest BCUT2D eigenvalue weighted by atomic mass is 14.4. The summed E-state index contributed by atoms with van der Waals surface area (Å²) in [6.07, 6.45) is 5.69. The molecule has 0 aromatic rings. The third kappa shape index (κ3) is 1.35. The van der Waals surface area contributed by atoms with Crippen molar-refractivity contribution in [2.24, 2.45) is 17.3 Å². The van der Waals surface area contributed by atoms with Crippen LogP contribution in [0.5, 0.6) is 0 Å². The first kappa shape index (κ1) is 9.57. The van der Waals surface area contributed by atoms with Crippen molar-refractivity contribution in [2.45, 2.75) is 34.1 Å². The maximum Gasteiger partial charge on any atom is -0.0111 e. The molecule has 0 spiro atoms. The van der Waals surface area contributed by atoms with Gasteiger partial charge in [0.15, 0.2) is 0 Å². The minimum atomic E-state index is 0.383. The van der Waals surface area contributed by atoms with Crippen LogP contribution in [-0.4, -0.2) is 0 Å². The first-order valence-electron chi connectivity index (χ1n) is 4.80. The van der Waals surface area contributed by atoms with Crippen LogP contribution in [0.2, 0.25) is 0 Å². The molecule has 0 N–H and O–H groups in total. The van der Waals surface area contributed by atoms with Crippen LogP contribution in [0.4, 0.5) is 0 Å². The lowest BCUT2D eigenvalue weighted by molar-refractivity contribution is 0.239. The second-order valence-corrected chi connectivity index (χ2v) is 4.55. The van der Waals surface area contributed by atoms with E-state index in [1.807, 2.05) is 0 Å². The van der Waals surface area contributed by atoms with Gasteiger partial charge in [-0.15, -0.1) is 6.58 Å². The van der Waals surface area contributed by atoms with E-state index in [9.17, 15) is 0 Å². The summed E-state index contributed by atoms with van der Waals surface area (Å²) < 4.78 is 0. The lowest BCUT2D eigenvalue weighted by Gasteiger charge is -2.32. The average molecular weight is 164 g/mol. The van der Waals surface area contributed by atoms with Gasteiger partial charge >= 0.3 is 0 Å². The summed E-state index contributed by atoms with van der Waals surface area (Å²) in [6, 6.07) is 0. The molecule has 0 radical (unpaired) electrons. The Balaban J connectivity index is 2.80. The summed E-state index contributed by atoms with van der Waals surface area (Å²) >= 11 is 0. The fraction of sp³-hybridized carbons (Fsp3) is 0.667. The van der Waals surface area contributed by atoms with E-state index in [0.29, 0.717) is 11.3 Å². The molecule has 68 valence electrons. The molecule has 0 nitrogen and oxygen atoms in total. The van der Waals surface area contributed by atoms with Crippen molar-refractivity contribution in [3.8, 4) is 0 Å². The van der Waals surface area contributed by atoms with Gasteiger partial charge in [0.2, 0.25) is 0 Å². The van der Waals surface area contributed by atoms with Gasteiger partial charge in [0, 0.05) is 0 Å². The predicted molar refractivity (Wildman–Crippen MR) is 55.0 cm³/mol. The molecule has 1 aliphatic rings. The third-order valence-electron chi connectivity index (χ3n) is 3.63. The summed E-state index contributed by atoms with van der Waals surface area (Å²) in [5.74, 6) is 1.39. The molecule has 1 aliphatic carbocycles. The molecule has 0 heteroatoms. The van der Waals surface area contributed by atoms with Gasteiger partial charge in [0.1, 0.15) is 0 Å². The van der Waals surface area contributed by atoms with E-state index in [0.717, 1.165) is 5.92 Å². The number of rotatable bonds is 2. The molecule has 2 unspecified atom stereocenters. The molecule has 0 aromatic carbocycles. The van der Waals surface area contributed by atoms with Gasteiger partial charge in [-0.25, -0.2) is 0 Å². The number of hydrogen-bond acceptors (Lipinski definition) is 0. The molecule has 0 bridgehead atoms. The van der Waals surface area contributed by atoms with Crippen LogP contribution in [-0.2, 0) is 0 Å². The van der Waals surface area contributed by atoms with Crippen molar-refractivity contribution >= 4 is 0 Å². The summed E-state index contributed by atoms with van der Waals surface area (Å²) in [6.45, 7) is 13.1. The SMILES string of the molecule is C=CC(C)C1CC=C(C)C1(C)C. The van der Waals surface area contributed by atoms with Crippen molar-refractivity contribution in [2.75, 3.05) is 0 Å². The maximum absolute atomic E-state index is 3.87. The number of allylic oxidation sites excluding steroid dienone is 3. The molecule has 0 aromatic heterocycles. The van der Waals surface area contributed by atoms with Crippen molar-refractivity contribution in [1.29, 1.82) is 0 Å². The van der Waals surface area contributed by atoms with Crippen LogP contribution in [0, 0.1) is 17.3 Å². The Hall–Kier alpha value is -0.520. The molecule has 0 amide bonds. The Morgan fingerprint density at radius 3 is 2.58 bits per heavy atom. The van der Waals surface area contributed by atoms with E-state index in [-0.39, 0.29) is 0 Å². The van der Waals surface area contributed by atoms with Gasteiger partial charge < -0.3 is 0 Å². The van der Waals surface area contributed by atoms with E-state index < -0.39 is 0 Å². The Bertz CT molecular complexity index is 208. The van der Waals surface area contributed by atoms with E-state index >= 15 is 0 Å². The van der Waals surface area contributed by atoms with Crippen LogP contribution in [0.25, 0.3) is 0 Å². The van der Waals surface area contributed by atoms with Gasteiger partial charge in [-0.2, -0.15) is 0 Å². The van der Waals surface area contributed by atoms with Crippen LogP contribution >= 0.6 is 0 Å². The van der Waals surface area contributed by atoms with E-state index in [2.05, 4.69) is 46.4 Å². The van der Waals surface area contributed by atoms with Crippen molar-refractivity contribution in [1.82, 2.24) is 0 Å². The van der Waals surface area contributed by atoms with Gasteiger partial charge in [-0.3, -0.25) is 0 Å². The largest absolute Gasteiger partial charge is 0.103 e. The van der Waals surface area contributed by atoms with Gasteiger partial charge in [0.25, 0.3) is 0 Å². The van der Waals surface area contributed by atoms with Gasteiger partial charge in [0.05, 0.1) is 0 Å². The topological polar surface area (TPSA) is 0 Å². The molecule has 0 heterocycles. The summed E-state index contributed by atoms with van der Waals surface area (Å²) in [4.78, 5) is 0. The second-order valence-electron chi connectivity index (χ2n) is 4.55.